The van der Waals surface area contributed by atoms with E-state index in [0.29, 0.717) is 23.0 Å². The van der Waals surface area contributed by atoms with Crippen LogP contribution in [0, 0.1) is 0 Å². The lowest BCUT2D eigenvalue weighted by atomic mass is 10.3. The Labute approximate surface area is 115 Å². The molecule has 0 unspecified atom stereocenters. The molecule has 0 spiro atoms. The molecule has 0 saturated heterocycles. The van der Waals surface area contributed by atoms with Gasteiger partial charge in [-0.25, -0.2) is 9.78 Å². The molecule has 0 aliphatic rings. The molecule has 0 amide bonds. The highest BCUT2D eigenvalue weighted by Gasteiger charge is 2.12. The lowest BCUT2D eigenvalue weighted by Crippen LogP contribution is -2.18. The monoisotopic (exact) mass is 270 g/mol. The average molecular weight is 270 g/mol. The van der Waals surface area contributed by atoms with Gasteiger partial charge in [0.15, 0.2) is 0 Å². The van der Waals surface area contributed by atoms with Crippen molar-refractivity contribution in [2.24, 2.45) is 0 Å². The van der Waals surface area contributed by atoms with Crippen molar-refractivity contribution in [2.75, 3.05) is 0 Å². The summed E-state index contributed by atoms with van der Waals surface area (Å²) in [5.74, 6) is -0.271. The third-order valence-corrected chi connectivity index (χ3v) is 3.04. The van der Waals surface area contributed by atoms with Crippen molar-refractivity contribution in [3.05, 3.63) is 30.9 Å². The van der Waals surface area contributed by atoms with Crippen molar-refractivity contribution in [3.8, 4) is 0 Å². The molecule has 0 aromatic carbocycles. The molecule has 0 radical (unpaired) electrons. The maximum absolute atomic E-state index is 11.7. The van der Waals surface area contributed by atoms with Crippen molar-refractivity contribution < 1.29 is 9.63 Å². The maximum atomic E-state index is 11.7. The first-order valence-electron chi connectivity index (χ1n) is 6.57. The molecule has 0 aliphatic carbocycles. The van der Waals surface area contributed by atoms with Crippen LogP contribution < -0.4 is 4.84 Å². The Kier molecular flexibility index (Phi) is 3.28. The van der Waals surface area contributed by atoms with Gasteiger partial charge in [0.2, 0.25) is 0 Å². The van der Waals surface area contributed by atoms with Gasteiger partial charge in [-0.2, -0.15) is 4.73 Å². The molecule has 0 N–H and O–H groups in total. The minimum Gasteiger partial charge on any atom is -0.335 e. The van der Waals surface area contributed by atoms with Crippen molar-refractivity contribution in [2.45, 2.75) is 26.2 Å². The molecule has 3 rings (SSSR count). The van der Waals surface area contributed by atoms with E-state index in [1.54, 1.807) is 12.4 Å². The number of nitrogens with zero attached hydrogens (tertiary/aromatic N) is 4. The Bertz CT molecular complexity index is 766. The van der Waals surface area contributed by atoms with E-state index in [9.17, 15) is 4.79 Å². The number of aromatic nitrogens is 4. The fraction of sp³-hybridized carbons (Fsp3) is 0.286. The molecular weight excluding hydrogens is 256 g/mol. The second kappa shape index (κ2) is 5.24. The lowest BCUT2D eigenvalue weighted by Gasteiger charge is -2.05. The SMILES string of the molecule is CCCCC(=O)On1cnc2cnc3cccnc3c21. The van der Waals surface area contributed by atoms with Gasteiger partial charge in [0, 0.05) is 12.6 Å². The Morgan fingerprint density at radius 2 is 2.20 bits per heavy atom. The maximum Gasteiger partial charge on any atom is 0.332 e. The third kappa shape index (κ3) is 2.20. The molecule has 0 aliphatic heterocycles. The van der Waals surface area contributed by atoms with E-state index in [-0.39, 0.29) is 5.97 Å². The molecule has 20 heavy (non-hydrogen) atoms. The molecule has 3 aromatic rings. The van der Waals surface area contributed by atoms with Gasteiger partial charge < -0.3 is 4.84 Å². The first kappa shape index (κ1) is 12.5. The first-order valence-corrected chi connectivity index (χ1v) is 6.57. The number of fused-ring (bicyclic) bond motifs is 3. The van der Waals surface area contributed by atoms with Gasteiger partial charge in [0.05, 0.1) is 11.7 Å². The quantitative estimate of drug-likeness (QED) is 0.726. The van der Waals surface area contributed by atoms with Gasteiger partial charge in [0.1, 0.15) is 22.9 Å². The summed E-state index contributed by atoms with van der Waals surface area (Å²) in [6.07, 6.45) is 6.96. The third-order valence-electron chi connectivity index (χ3n) is 3.04. The summed E-state index contributed by atoms with van der Waals surface area (Å²) in [5.41, 5.74) is 2.73. The van der Waals surface area contributed by atoms with Crippen LogP contribution in [0.2, 0.25) is 0 Å². The standard InChI is InChI=1S/C14H14N4O2/c1-2-3-6-12(19)20-18-9-17-11-8-16-10-5-4-7-15-13(10)14(11)18/h4-5,7-9H,2-3,6H2,1H3. The van der Waals surface area contributed by atoms with E-state index in [4.69, 9.17) is 4.84 Å². The lowest BCUT2D eigenvalue weighted by molar-refractivity contribution is -0.143. The van der Waals surface area contributed by atoms with Gasteiger partial charge in [-0.1, -0.05) is 13.3 Å². The second-order valence-electron chi connectivity index (χ2n) is 4.50. The Morgan fingerprint density at radius 1 is 1.30 bits per heavy atom. The molecule has 0 bridgehead atoms. The zero-order valence-electron chi connectivity index (χ0n) is 11.1. The highest BCUT2D eigenvalue weighted by Crippen LogP contribution is 2.19. The van der Waals surface area contributed by atoms with Gasteiger partial charge in [-0.3, -0.25) is 9.97 Å². The largest absolute Gasteiger partial charge is 0.335 e. The van der Waals surface area contributed by atoms with Gasteiger partial charge in [-0.05, 0) is 18.6 Å². The van der Waals surface area contributed by atoms with Crippen molar-refractivity contribution >= 4 is 28.0 Å². The van der Waals surface area contributed by atoms with Gasteiger partial charge >= 0.3 is 5.97 Å². The van der Waals surface area contributed by atoms with Crippen molar-refractivity contribution in [3.63, 3.8) is 0 Å². The summed E-state index contributed by atoms with van der Waals surface area (Å²) in [5, 5.41) is 0. The average Bonchev–Trinajstić information content (AvgIpc) is 2.88. The first-order chi connectivity index (χ1) is 9.79. The number of hydrogen-bond donors (Lipinski definition) is 0. The van der Waals surface area contributed by atoms with Crippen molar-refractivity contribution in [1.29, 1.82) is 0 Å². The summed E-state index contributed by atoms with van der Waals surface area (Å²) in [4.78, 5) is 29.8. The fourth-order valence-corrected chi connectivity index (χ4v) is 2.03. The summed E-state index contributed by atoms with van der Waals surface area (Å²) < 4.78 is 1.38. The topological polar surface area (TPSA) is 69.9 Å². The number of unbranched alkanes of at least 4 members (excludes halogenated alkanes) is 1. The van der Waals surface area contributed by atoms with Crippen LogP contribution in [-0.2, 0) is 4.79 Å². The van der Waals surface area contributed by atoms with E-state index < -0.39 is 0 Å². The van der Waals surface area contributed by atoms with Crippen LogP contribution in [0.1, 0.15) is 26.2 Å². The Hall–Kier alpha value is -2.50. The molecule has 6 heteroatoms. The van der Waals surface area contributed by atoms with E-state index in [2.05, 4.69) is 15.0 Å². The minimum atomic E-state index is -0.271. The number of carbonyl (C=O) groups is 1. The number of hydrogen-bond acceptors (Lipinski definition) is 5. The molecule has 0 atom stereocenters. The molecule has 0 saturated carbocycles. The highest BCUT2D eigenvalue weighted by molar-refractivity contribution is 5.99. The number of carbonyl (C=O) groups excluding carboxylic acids is 1. The van der Waals surface area contributed by atoms with Crippen molar-refractivity contribution in [1.82, 2.24) is 19.7 Å². The van der Waals surface area contributed by atoms with Gasteiger partial charge in [-0.15, -0.1) is 0 Å². The molecule has 3 aromatic heterocycles. The second-order valence-corrected chi connectivity index (χ2v) is 4.50. The van der Waals surface area contributed by atoms with Crippen LogP contribution in [0.4, 0.5) is 0 Å². The number of pyridine rings is 2. The van der Waals surface area contributed by atoms with Gasteiger partial charge in [0.25, 0.3) is 0 Å². The molecule has 3 heterocycles. The Balaban J connectivity index is 2.03. The van der Waals surface area contributed by atoms with Crippen LogP contribution in [0.15, 0.2) is 30.9 Å². The van der Waals surface area contributed by atoms with Crippen LogP contribution in [0.3, 0.4) is 0 Å². The smallest absolute Gasteiger partial charge is 0.332 e. The van der Waals surface area contributed by atoms with E-state index >= 15 is 0 Å². The van der Waals surface area contributed by atoms with E-state index in [1.807, 2.05) is 19.1 Å². The summed E-state index contributed by atoms with van der Waals surface area (Å²) in [6.45, 7) is 2.03. The molecule has 6 nitrogen and oxygen atoms in total. The number of imidazole rings is 1. The van der Waals surface area contributed by atoms with E-state index in [0.717, 1.165) is 18.4 Å². The predicted molar refractivity (Wildman–Crippen MR) is 73.9 cm³/mol. The zero-order valence-corrected chi connectivity index (χ0v) is 11.1. The summed E-state index contributed by atoms with van der Waals surface area (Å²) >= 11 is 0. The predicted octanol–water partition coefficient (Wildman–Crippen LogP) is 2.12. The molecule has 102 valence electrons. The Morgan fingerprint density at radius 3 is 3.05 bits per heavy atom. The summed E-state index contributed by atoms with van der Waals surface area (Å²) in [6, 6.07) is 3.67. The molecular formula is C14H14N4O2. The fourth-order valence-electron chi connectivity index (χ4n) is 2.03. The minimum absolute atomic E-state index is 0.271. The summed E-state index contributed by atoms with van der Waals surface area (Å²) in [7, 11) is 0. The number of rotatable bonds is 4. The van der Waals surface area contributed by atoms with Crippen LogP contribution >= 0.6 is 0 Å². The molecule has 0 fully saturated rings. The van der Waals surface area contributed by atoms with Crippen LogP contribution in [0.5, 0.6) is 0 Å². The zero-order chi connectivity index (χ0) is 13.9. The van der Waals surface area contributed by atoms with Crippen LogP contribution in [0.25, 0.3) is 22.1 Å². The highest BCUT2D eigenvalue weighted by atomic mass is 16.7. The normalized spacial score (nSPS) is 11.1. The van der Waals surface area contributed by atoms with Crippen LogP contribution in [-0.4, -0.2) is 25.7 Å². The van der Waals surface area contributed by atoms with E-state index in [1.165, 1.54) is 11.1 Å².